The fourth-order valence-corrected chi connectivity index (χ4v) is 6.17. The number of rotatable bonds is 16. The van der Waals surface area contributed by atoms with Crippen molar-refractivity contribution in [1.82, 2.24) is 0 Å². The van der Waals surface area contributed by atoms with Crippen LogP contribution in [0.2, 0.25) is 0 Å². The van der Waals surface area contributed by atoms with Crippen LogP contribution in [0.25, 0.3) is 0 Å². The van der Waals surface area contributed by atoms with Crippen LogP contribution in [0.1, 0.15) is 29.2 Å². The molecule has 5 rings (SSSR count). The molecule has 0 amide bonds. The van der Waals surface area contributed by atoms with E-state index in [2.05, 4.69) is 43.3 Å². The first kappa shape index (κ1) is 32.2. The molecule has 1 fully saturated rings. The summed E-state index contributed by atoms with van der Waals surface area (Å²) < 4.78 is 38.5. The molecule has 232 valence electrons. The van der Waals surface area contributed by atoms with Gasteiger partial charge in [-0.15, -0.1) is 11.8 Å². The number of hydrogen-bond donors (Lipinski definition) is 0. The van der Waals surface area contributed by atoms with E-state index in [1.54, 1.807) is 18.9 Å². The molecule has 5 atom stereocenters. The fraction of sp³-hybridized carbons (Fsp3) is 0.351. The standard InChI is InChI=1S/C37H42O6S/c1-3-44-37-36(42-25-30-17-11-6-12-18-30)35(41-26-31-19-21-32(38-2)22-20-31)34(40-24-29-15-9-5-10-16-29)33(43-37)27-39-23-28-13-7-4-8-14-28/h4-22,33-37H,3,23-27H2,1-2H3/t33-,34+,35+,36-,37+/m1/s1. The molecule has 44 heavy (non-hydrogen) atoms. The second kappa shape index (κ2) is 17.4. The maximum atomic E-state index is 6.78. The molecule has 0 N–H and O–H groups in total. The van der Waals surface area contributed by atoms with Crippen molar-refractivity contribution in [2.45, 2.75) is 63.2 Å². The van der Waals surface area contributed by atoms with Crippen LogP contribution in [0.3, 0.4) is 0 Å². The van der Waals surface area contributed by atoms with Gasteiger partial charge in [0, 0.05) is 0 Å². The normalized spacial score (nSPS) is 21.6. The number of benzene rings is 4. The maximum absolute atomic E-state index is 6.78. The lowest BCUT2D eigenvalue weighted by Gasteiger charge is -2.46. The zero-order valence-corrected chi connectivity index (χ0v) is 26.3. The molecule has 6 nitrogen and oxygen atoms in total. The SMILES string of the molecule is CCS[C@@H]1O[C@H](COCc2ccccc2)[C@H](OCc2ccccc2)[C@H](OCc2ccc(OC)cc2)[C@H]1OCc1ccccc1. The van der Waals surface area contributed by atoms with Gasteiger partial charge < -0.3 is 28.4 Å². The van der Waals surface area contributed by atoms with E-state index in [1.165, 1.54) is 0 Å². The van der Waals surface area contributed by atoms with Crippen molar-refractivity contribution in [3.05, 3.63) is 138 Å². The number of hydrogen-bond acceptors (Lipinski definition) is 7. The van der Waals surface area contributed by atoms with Crippen LogP contribution in [-0.4, -0.2) is 49.3 Å². The molecule has 7 heteroatoms. The van der Waals surface area contributed by atoms with Crippen LogP contribution in [0.4, 0.5) is 0 Å². The van der Waals surface area contributed by atoms with E-state index in [9.17, 15) is 0 Å². The Kier molecular flexibility index (Phi) is 12.7. The minimum absolute atomic E-state index is 0.258. The Morgan fingerprint density at radius 2 is 1.05 bits per heavy atom. The van der Waals surface area contributed by atoms with Crippen molar-refractivity contribution in [3.63, 3.8) is 0 Å². The monoisotopic (exact) mass is 614 g/mol. The molecule has 0 radical (unpaired) electrons. The predicted octanol–water partition coefficient (Wildman–Crippen LogP) is 7.45. The Morgan fingerprint density at radius 1 is 0.568 bits per heavy atom. The smallest absolute Gasteiger partial charge is 0.132 e. The topological polar surface area (TPSA) is 55.4 Å². The highest BCUT2D eigenvalue weighted by Crippen LogP contribution is 2.35. The number of thioether (sulfide) groups is 1. The van der Waals surface area contributed by atoms with Crippen molar-refractivity contribution in [3.8, 4) is 5.75 Å². The highest BCUT2D eigenvalue weighted by Gasteiger charge is 2.48. The first-order valence-electron chi connectivity index (χ1n) is 15.2. The molecule has 1 aliphatic rings. The highest BCUT2D eigenvalue weighted by molar-refractivity contribution is 7.99. The van der Waals surface area contributed by atoms with Crippen molar-refractivity contribution < 1.29 is 28.4 Å². The Bertz CT molecular complexity index is 1340. The summed E-state index contributed by atoms with van der Waals surface area (Å²) >= 11 is 1.72. The van der Waals surface area contributed by atoms with Crippen LogP contribution in [0, 0.1) is 0 Å². The summed E-state index contributed by atoms with van der Waals surface area (Å²) in [5, 5.41) is 0. The third kappa shape index (κ3) is 9.41. The molecule has 1 aliphatic heterocycles. The third-order valence-corrected chi connectivity index (χ3v) is 8.53. The van der Waals surface area contributed by atoms with E-state index < -0.39 is 12.2 Å². The van der Waals surface area contributed by atoms with E-state index in [0.29, 0.717) is 33.0 Å². The van der Waals surface area contributed by atoms with Crippen molar-refractivity contribution >= 4 is 11.8 Å². The lowest BCUT2D eigenvalue weighted by atomic mass is 9.98. The van der Waals surface area contributed by atoms with Gasteiger partial charge in [-0.05, 0) is 40.1 Å². The van der Waals surface area contributed by atoms with Gasteiger partial charge in [0.25, 0.3) is 0 Å². The van der Waals surface area contributed by atoms with Gasteiger partial charge in [0.1, 0.15) is 35.6 Å². The molecular formula is C37H42O6S. The van der Waals surface area contributed by atoms with Crippen molar-refractivity contribution in [2.24, 2.45) is 0 Å². The molecule has 1 saturated heterocycles. The molecule has 0 saturated carbocycles. The molecule has 4 aromatic carbocycles. The average Bonchev–Trinajstić information content (AvgIpc) is 3.08. The molecule has 0 aromatic heterocycles. The van der Waals surface area contributed by atoms with Gasteiger partial charge in [-0.3, -0.25) is 0 Å². The first-order chi connectivity index (χ1) is 21.7. The van der Waals surface area contributed by atoms with Crippen molar-refractivity contribution in [2.75, 3.05) is 19.5 Å². The summed E-state index contributed by atoms with van der Waals surface area (Å²) in [5.41, 5.74) is 4.07. The van der Waals surface area contributed by atoms with Crippen molar-refractivity contribution in [1.29, 1.82) is 0 Å². The quantitative estimate of drug-likeness (QED) is 0.130. The molecule has 4 aromatic rings. The van der Waals surface area contributed by atoms with Crippen LogP contribution in [-0.2, 0) is 50.1 Å². The molecule has 1 heterocycles. The Labute approximate surface area is 265 Å². The summed E-state index contributed by atoms with van der Waals surface area (Å²) in [6, 6.07) is 38.5. The third-order valence-electron chi connectivity index (χ3n) is 7.49. The summed E-state index contributed by atoms with van der Waals surface area (Å²) in [6.45, 7) is 4.24. The van der Waals surface area contributed by atoms with Gasteiger partial charge in [-0.25, -0.2) is 0 Å². The second-order valence-electron chi connectivity index (χ2n) is 10.6. The lowest BCUT2D eigenvalue weighted by molar-refractivity contribution is -0.254. The molecular weight excluding hydrogens is 572 g/mol. The Morgan fingerprint density at radius 3 is 1.57 bits per heavy atom. The predicted molar refractivity (Wildman–Crippen MR) is 174 cm³/mol. The number of ether oxygens (including phenoxy) is 6. The molecule has 0 unspecified atom stereocenters. The summed E-state index contributed by atoms with van der Waals surface area (Å²) in [4.78, 5) is 0. The van der Waals surface area contributed by atoms with E-state index in [4.69, 9.17) is 28.4 Å². The minimum atomic E-state index is -0.432. The largest absolute Gasteiger partial charge is 0.497 e. The van der Waals surface area contributed by atoms with E-state index >= 15 is 0 Å². The van der Waals surface area contributed by atoms with Gasteiger partial charge in [0.15, 0.2) is 0 Å². The summed E-state index contributed by atoms with van der Waals surface area (Å²) in [6.07, 6.45) is -1.57. The fourth-order valence-electron chi connectivity index (χ4n) is 5.19. The molecule has 0 spiro atoms. The van der Waals surface area contributed by atoms with Crippen LogP contribution < -0.4 is 4.74 Å². The van der Waals surface area contributed by atoms with Gasteiger partial charge in [-0.1, -0.05) is 110 Å². The van der Waals surface area contributed by atoms with Gasteiger partial charge in [-0.2, -0.15) is 0 Å². The first-order valence-corrected chi connectivity index (χ1v) is 16.2. The molecule has 0 aliphatic carbocycles. The minimum Gasteiger partial charge on any atom is -0.497 e. The highest BCUT2D eigenvalue weighted by atomic mass is 32.2. The average molecular weight is 615 g/mol. The van der Waals surface area contributed by atoms with Gasteiger partial charge in [0.05, 0.1) is 40.1 Å². The maximum Gasteiger partial charge on any atom is 0.132 e. The summed E-state index contributed by atoms with van der Waals surface area (Å²) in [7, 11) is 1.67. The van der Waals surface area contributed by atoms with Crippen LogP contribution >= 0.6 is 11.8 Å². The Balaban J connectivity index is 1.41. The van der Waals surface area contributed by atoms with E-state index in [0.717, 1.165) is 33.8 Å². The zero-order chi connectivity index (χ0) is 30.4. The van der Waals surface area contributed by atoms with Crippen LogP contribution in [0.5, 0.6) is 5.75 Å². The van der Waals surface area contributed by atoms with E-state index in [1.807, 2.05) is 78.9 Å². The van der Waals surface area contributed by atoms with Gasteiger partial charge in [0.2, 0.25) is 0 Å². The lowest BCUT2D eigenvalue weighted by Crippen LogP contribution is -2.60. The number of methoxy groups -OCH3 is 1. The Hall–Kier alpha value is -3.17. The zero-order valence-electron chi connectivity index (χ0n) is 25.5. The second-order valence-corrected chi connectivity index (χ2v) is 12.0. The van der Waals surface area contributed by atoms with Crippen LogP contribution in [0.15, 0.2) is 115 Å². The van der Waals surface area contributed by atoms with Gasteiger partial charge >= 0.3 is 0 Å². The molecule has 0 bridgehead atoms. The summed E-state index contributed by atoms with van der Waals surface area (Å²) in [5.74, 6) is 1.68. The van der Waals surface area contributed by atoms with E-state index in [-0.39, 0.29) is 17.6 Å².